The molecule has 0 saturated carbocycles. The summed E-state index contributed by atoms with van der Waals surface area (Å²) in [6, 6.07) is 6.72. The Hall–Kier alpha value is -2.10. The molecule has 0 atom stereocenters. The molecule has 0 fully saturated rings. The molecule has 0 aliphatic heterocycles. The second-order valence-corrected chi connectivity index (χ2v) is 4.40. The zero-order valence-corrected chi connectivity index (χ0v) is 10.4. The Labute approximate surface area is 108 Å². The maximum Gasteiger partial charge on any atom is 0.194 e. The number of halogens is 3. The minimum atomic E-state index is -1.50. The average Bonchev–Trinajstić information content (AvgIpc) is 2.34. The monoisotopic (exact) mass is 264 g/mol. The summed E-state index contributed by atoms with van der Waals surface area (Å²) in [5.41, 5.74) is 1.90. The molecule has 2 rings (SSSR count). The van der Waals surface area contributed by atoms with Crippen LogP contribution in [0.2, 0.25) is 0 Å². The lowest BCUT2D eigenvalue weighted by Crippen LogP contribution is -1.96. The van der Waals surface area contributed by atoms with Gasteiger partial charge in [0.1, 0.15) is 0 Å². The van der Waals surface area contributed by atoms with Crippen molar-refractivity contribution in [2.75, 3.05) is 0 Å². The lowest BCUT2D eigenvalue weighted by molar-refractivity contribution is 0.101. The first kappa shape index (κ1) is 13.3. The molecule has 19 heavy (non-hydrogen) atoms. The Morgan fingerprint density at radius 1 is 0.895 bits per heavy atom. The van der Waals surface area contributed by atoms with Crippen LogP contribution in [0.15, 0.2) is 30.3 Å². The fraction of sp³-hybridized carbons (Fsp3) is 0.133. The van der Waals surface area contributed by atoms with E-state index in [0.29, 0.717) is 11.1 Å². The number of aryl methyl sites for hydroxylation is 1. The average molecular weight is 264 g/mol. The minimum Gasteiger partial charge on any atom is -0.295 e. The summed E-state index contributed by atoms with van der Waals surface area (Å²) in [5.74, 6) is -4.14. The van der Waals surface area contributed by atoms with Crippen molar-refractivity contribution in [2.24, 2.45) is 0 Å². The van der Waals surface area contributed by atoms with E-state index in [0.717, 1.165) is 17.7 Å². The molecule has 0 unspecified atom stereocenters. The molecule has 2 aromatic rings. The maximum absolute atomic E-state index is 13.2. The molecule has 1 nitrogen and oxygen atoms in total. The molecular weight excluding hydrogens is 253 g/mol. The van der Waals surface area contributed by atoms with Crippen molar-refractivity contribution in [3.05, 3.63) is 58.9 Å². The molecule has 0 bridgehead atoms. The van der Waals surface area contributed by atoms with Crippen molar-refractivity contribution in [3.63, 3.8) is 0 Å². The Bertz CT molecular complexity index is 639. The number of carbonyl (C=O) groups is 1. The molecule has 0 aromatic heterocycles. The minimum absolute atomic E-state index is 0.145. The van der Waals surface area contributed by atoms with E-state index in [1.165, 1.54) is 13.0 Å². The van der Waals surface area contributed by atoms with Gasteiger partial charge in [-0.05, 0) is 54.8 Å². The van der Waals surface area contributed by atoms with E-state index >= 15 is 0 Å². The summed E-state index contributed by atoms with van der Waals surface area (Å²) in [6.07, 6.45) is 0. The predicted octanol–water partition coefficient (Wildman–Crippen LogP) is 4.28. The van der Waals surface area contributed by atoms with Crippen LogP contribution in [-0.4, -0.2) is 5.78 Å². The molecule has 2 aromatic carbocycles. The first-order chi connectivity index (χ1) is 8.88. The number of Topliss-reactive ketones (excluding diaryl/α,β-unsaturated/α-hetero) is 1. The van der Waals surface area contributed by atoms with E-state index in [1.807, 2.05) is 0 Å². The summed E-state index contributed by atoms with van der Waals surface area (Å²) >= 11 is 0. The second-order valence-electron chi connectivity index (χ2n) is 4.40. The highest BCUT2D eigenvalue weighted by Crippen LogP contribution is 2.26. The summed E-state index contributed by atoms with van der Waals surface area (Å²) in [4.78, 5) is 11.4. The number of hydrogen-bond acceptors (Lipinski definition) is 1. The van der Waals surface area contributed by atoms with Gasteiger partial charge in [-0.1, -0.05) is 6.07 Å². The van der Waals surface area contributed by atoms with Crippen LogP contribution in [0.5, 0.6) is 0 Å². The fourth-order valence-corrected chi connectivity index (χ4v) is 1.88. The predicted molar refractivity (Wildman–Crippen MR) is 66.5 cm³/mol. The summed E-state index contributed by atoms with van der Waals surface area (Å²) < 4.78 is 39.3. The molecule has 0 N–H and O–H groups in total. The molecule has 0 saturated heterocycles. The zero-order valence-electron chi connectivity index (χ0n) is 10.4. The maximum atomic E-state index is 13.2. The first-order valence-corrected chi connectivity index (χ1v) is 5.66. The van der Waals surface area contributed by atoms with Crippen LogP contribution < -0.4 is 0 Å². The van der Waals surface area contributed by atoms with E-state index in [-0.39, 0.29) is 11.3 Å². The number of rotatable bonds is 2. The van der Waals surface area contributed by atoms with E-state index in [1.54, 1.807) is 19.1 Å². The first-order valence-electron chi connectivity index (χ1n) is 5.66. The number of ketones is 1. The van der Waals surface area contributed by atoms with Crippen molar-refractivity contribution in [1.29, 1.82) is 0 Å². The van der Waals surface area contributed by atoms with Crippen LogP contribution >= 0.6 is 0 Å². The van der Waals surface area contributed by atoms with Gasteiger partial charge in [-0.15, -0.1) is 0 Å². The van der Waals surface area contributed by atoms with Crippen molar-refractivity contribution < 1.29 is 18.0 Å². The highest BCUT2D eigenvalue weighted by atomic mass is 19.2. The van der Waals surface area contributed by atoms with Crippen molar-refractivity contribution in [1.82, 2.24) is 0 Å². The third-order valence-corrected chi connectivity index (χ3v) is 2.80. The van der Waals surface area contributed by atoms with E-state index < -0.39 is 17.5 Å². The SMILES string of the molecule is CC(=O)c1cc(C)cc(-c2cc(F)c(F)c(F)c2)c1. The van der Waals surface area contributed by atoms with Crippen molar-refractivity contribution in [3.8, 4) is 11.1 Å². The third-order valence-electron chi connectivity index (χ3n) is 2.80. The van der Waals surface area contributed by atoms with Gasteiger partial charge in [0, 0.05) is 5.56 Å². The Kier molecular flexibility index (Phi) is 3.42. The highest BCUT2D eigenvalue weighted by Gasteiger charge is 2.12. The zero-order chi connectivity index (χ0) is 14.2. The molecular formula is C15H11F3O. The van der Waals surface area contributed by atoms with Gasteiger partial charge >= 0.3 is 0 Å². The van der Waals surface area contributed by atoms with Crippen molar-refractivity contribution >= 4 is 5.78 Å². The summed E-state index contributed by atoms with van der Waals surface area (Å²) in [5, 5.41) is 0. The molecule has 0 aliphatic carbocycles. The van der Waals surface area contributed by atoms with Gasteiger partial charge in [0.15, 0.2) is 23.2 Å². The lowest BCUT2D eigenvalue weighted by atomic mass is 9.98. The molecule has 4 heteroatoms. The number of hydrogen-bond donors (Lipinski definition) is 0. The van der Waals surface area contributed by atoms with E-state index in [9.17, 15) is 18.0 Å². The van der Waals surface area contributed by atoms with Crippen LogP contribution in [0.3, 0.4) is 0 Å². The van der Waals surface area contributed by atoms with Gasteiger partial charge in [-0.25, -0.2) is 13.2 Å². The van der Waals surface area contributed by atoms with Crippen LogP contribution in [0.1, 0.15) is 22.8 Å². The van der Waals surface area contributed by atoms with Gasteiger partial charge in [0.2, 0.25) is 0 Å². The number of benzene rings is 2. The smallest absolute Gasteiger partial charge is 0.194 e. The normalized spacial score (nSPS) is 10.6. The quantitative estimate of drug-likeness (QED) is 0.584. The highest BCUT2D eigenvalue weighted by molar-refractivity contribution is 5.95. The molecule has 0 amide bonds. The third kappa shape index (κ3) is 2.67. The summed E-state index contributed by atoms with van der Waals surface area (Å²) in [6.45, 7) is 3.18. The van der Waals surface area contributed by atoms with Crippen LogP contribution in [0, 0.1) is 24.4 Å². The number of carbonyl (C=O) groups excluding carboxylic acids is 1. The fourth-order valence-electron chi connectivity index (χ4n) is 1.88. The molecule has 98 valence electrons. The van der Waals surface area contributed by atoms with Crippen LogP contribution in [-0.2, 0) is 0 Å². The largest absolute Gasteiger partial charge is 0.295 e. The van der Waals surface area contributed by atoms with Crippen molar-refractivity contribution in [2.45, 2.75) is 13.8 Å². The van der Waals surface area contributed by atoms with Gasteiger partial charge in [0.25, 0.3) is 0 Å². The topological polar surface area (TPSA) is 17.1 Å². The molecule has 0 aliphatic rings. The van der Waals surface area contributed by atoms with Gasteiger partial charge < -0.3 is 0 Å². The van der Waals surface area contributed by atoms with Crippen LogP contribution in [0.4, 0.5) is 13.2 Å². The Morgan fingerprint density at radius 3 is 1.95 bits per heavy atom. The van der Waals surface area contributed by atoms with E-state index in [2.05, 4.69) is 0 Å². The standard InChI is InChI=1S/C15H11F3O/c1-8-3-10(9(2)19)5-11(4-8)12-6-13(16)15(18)14(17)7-12/h3-7H,1-2H3. The molecule has 0 heterocycles. The Balaban J connectivity index is 2.62. The lowest BCUT2D eigenvalue weighted by Gasteiger charge is -2.07. The molecule has 0 spiro atoms. The second kappa shape index (κ2) is 4.88. The molecule has 0 radical (unpaired) electrons. The van der Waals surface area contributed by atoms with Gasteiger partial charge in [0.05, 0.1) is 0 Å². The van der Waals surface area contributed by atoms with Crippen LogP contribution in [0.25, 0.3) is 11.1 Å². The van der Waals surface area contributed by atoms with Gasteiger partial charge in [-0.3, -0.25) is 4.79 Å². The van der Waals surface area contributed by atoms with E-state index in [4.69, 9.17) is 0 Å². The summed E-state index contributed by atoms with van der Waals surface area (Å²) in [7, 11) is 0. The Morgan fingerprint density at radius 2 is 1.42 bits per heavy atom. The van der Waals surface area contributed by atoms with Gasteiger partial charge in [-0.2, -0.15) is 0 Å².